The summed E-state index contributed by atoms with van der Waals surface area (Å²) in [4.78, 5) is 34.1. The topological polar surface area (TPSA) is 83.4 Å². The molecule has 2 aromatic heterocycles. The number of aromatic nitrogens is 3. The van der Waals surface area contributed by atoms with E-state index in [2.05, 4.69) is 15.4 Å². The highest BCUT2D eigenvalue weighted by Crippen LogP contribution is 2.30. The summed E-state index contributed by atoms with van der Waals surface area (Å²) in [5.74, 6) is 0.165. The van der Waals surface area contributed by atoms with Gasteiger partial charge in [-0.2, -0.15) is 5.10 Å². The van der Waals surface area contributed by atoms with E-state index in [0.717, 1.165) is 43.6 Å². The number of likely N-dealkylation sites (tertiary alicyclic amines) is 1. The molecule has 5 rings (SSSR count). The van der Waals surface area contributed by atoms with E-state index < -0.39 is 0 Å². The number of urea groups is 1. The molecule has 0 bridgehead atoms. The van der Waals surface area contributed by atoms with Crippen LogP contribution in [0.5, 0.6) is 0 Å². The lowest BCUT2D eigenvalue weighted by Gasteiger charge is -2.16. The van der Waals surface area contributed by atoms with Crippen LogP contribution >= 0.6 is 11.3 Å². The van der Waals surface area contributed by atoms with E-state index in [9.17, 15) is 9.59 Å². The molecule has 3 aliphatic rings. The second-order valence-corrected chi connectivity index (χ2v) is 8.83. The fraction of sp³-hybridized carbons (Fsp3) is 0.579. The average molecular weight is 401 g/mol. The van der Waals surface area contributed by atoms with Crippen molar-refractivity contribution in [2.45, 2.75) is 51.0 Å². The van der Waals surface area contributed by atoms with E-state index in [-0.39, 0.29) is 18.0 Å². The predicted octanol–water partition coefficient (Wildman–Crippen LogP) is 2.82. The number of carbonyl (C=O) groups excluding carboxylic acids is 2. The van der Waals surface area contributed by atoms with Crippen LogP contribution in [0.4, 0.5) is 15.6 Å². The summed E-state index contributed by atoms with van der Waals surface area (Å²) in [7, 11) is 0. The standard InChI is InChI=1S/C19H24N6O2S/c26-17-6-3-8-24(17)14-10-20-25(12-14)13-7-9-23(11-13)19(27)22-18-21-15-4-1-2-5-16(15)28-18/h10,12-13H,1-9,11H2,(H,21,22,27). The molecule has 1 atom stereocenters. The Morgan fingerprint density at radius 3 is 2.89 bits per heavy atom. The number of nitrogens with zero attached hydrogens (tertiary/aromatic N) is 5. The van der Waals surface area contributed by atoms with Crippen molar-refractivity contribution in [1.82, 2.24) is 19.7 Å². The molecule has 2 aliphatic heterocycles. The number of rotatable bonds is 3. The summed E-state index contributed by atoms with van der Waals surface area (Å²) in [6.07, 6.45) is 10.6. The van der Waals surface area contributed by atoms with Gasteiger partial charge in [0.2, 0.25) is 5.91 Å². The Morgan fingerprint density at radius 1 is 1.18 bits per heavy atom. The third kappa shape index (κ3) is 3.28. The molecule has 148 valence electrons. The molecular formula is C19H24N6O2S. The maximum Gasteiger partial charge on any atom is 0.323 e. The Morgan fingerprint density at radius 2 is 2.07 bits per heavy atom. The molecule has 1 N–H and O–H groups in total. The number of anilines is 2. The molecule has 0 aromatic carbocycles. The minimum Gasteiger partial charge on any atom is -0.322 e. The van der Waals surface area contributed by atoms with Crippen molar-refractivity contribution in [2.75, 3.05) is 29.9 Å². The molecule has 9 heteroatoms. The molecule has 0 spiro atoms. The fourth-order valence-corrected chi connectivity index (χ4v) is 5.35. The minimum absolute atomic E-state index is 0.0873. The summed E-state index contributed by atoms with van der Waals surface area (Å²) < 4.78 is 1.90. The van der Waals surface area contributed by atoms with E-state index in [4.69, 9.17) is 0 Å². The van der Waals surface area contributed by atoms with Gasteiger partial charge in [-0.25, -0.2) is 9.78 Å². The third-order valence-corrected chi connectivity index (χ3v) is 6.93. The predicted molar refractivity (Wildman–Crippen MR) is 107 cm³/mol. The molecule has 2 aromatic rings. The number of fused-ring (bicyclic) bond motifs is 1. The first-order valence-corrected chi connectivity index (χ1v) is 10.9. The molecule has 3 amide bonds. The Bertz CT molecular complexity index is 883. The van der Waals surface area contributed by atoms with E-state index >= 15 is 0 Å². The van der Waals surface area contributed by atoms with Gasteiger partial charge in [0, 0.05) is 37.1 Å². The van der Waals surface area contributed by atoms with Gasteiger partial charge >= 0.3 is 6.03 Å². The molecule has 0 radical (unpaired) electrons. The van der Waals surface area contributed by atoms with Crippen LogP contribution in [-0.2, 0) is 17.6 Å². The first-order chi connectivity index (χ1) is 13.7. The van der Waals surface area contributed by atoms with Crippen molar-refractivity contribution in [3.05, 3.63) is 23.0 Å². The lowest BCUT2D eigenvalue weighted by Crippen LogP contribution is -2.33. The number of carbonyl (C=O) groups is 2. The molecule has 8 nitrogen and oxygen atoms in total. The summed E-state index contributed by atoms with van der Waals surface area (Å²) >= 11 is 1.61. The second-order valence-electron chi connectivity index (χ2n) is 7.74. The van der Waals surface area contributed by atoms with Gasteiger partial charge in [0.1, 0.15) is 0 Å². The van der Waals surface area contributed by atoms with Gasteiger partial charge in [0.15, 0.2) is 5.13 Å². The zero-order valence-electron chi connectivity index (χ0n) is 15.8. The highest BCUT2D eigenvalue weighted by atomic mass is 32.1. The molecule has 4 heterocycles. The number of amides is 3. The van der Waals surface area contributed by atoms with Crippen molar-refractivity contribution < 1.29 is 9.59 Å². The number of aryl methyl sites for hydroxylation is 2. The molecular weight excluding hydrogens is 376 g/mol. The third-order valence-electron chi connectivity index (χ3n) is 5.86. The van der Waals surface area contributed by atoms with E-state index in [1.165, 1.54) is 17.7 Å². The van der Waals surface area contributed by atoms with Gasteiger partial charge in [0.25, 0.3) is 0 Å². The van der Waals surface area contributed by atoms with Crippen LogP contribution in [0.2, 0.25) is 0 Å². The molecule has 1 aliphatic carbocycles. The highest BCUT2D eigenvalue weighted by Gasteiger charge is 2.30. The van der Waals surface area contributed by atoms with Crippen molar-refractivity contribution in [2.24, 2.45) is 0 Å². The van der Waals surface area contributed by atoms with Crippen LogP contribution in [0.1, 0.15) is 48.7 Å². The Balaban J connectivity index is 1.21. The zero-order valence-corrected chi connectivity index (χ0v) is 16.6. The number of hydrogen-bond donors (Lipinski definition) is 1. The van der Waals surface area contributed by atoms with E-state index in [1.807, 2.05) is 15.8 Å². The second kappa shape index (κ2) is 7.20. The van der Waals surface area contributed by atoms with Crippen LogP contribution in [-0.4, -0.2) is 51.2 Å². The maximum atomic E-state index is 12.7. The lowest BCUT2D eigenvalue weighted by molar-refractivity contribution is -0.117. The quantitative estimate of drug-likeness (QED) is 0.859. The van der Waals surface area contributed by atoms with Crippen molar-refractivity contribution >= 4 is 34.1 Å². The van der Waals surface area contributed by atoms with Crippen LogP contribution in [0.15, 0.2) is 12.4 Å². The van der Waals surface area contributed by atoms with Gasteiger partial charge in [-0.3, -0.25) is 14.8 Å². The normalized spacial score (nSPS) is 22.0. The van der Waals surface area contributed by atoms with Crippen molar-refractivity contribution in [3.8, 4) is 0 Å². The van der Waals surface area contributed by atoms with Gasteiger partial charge in [-0.05, 0) is 38.5 Å². The first-order valence-electron chi connectivity index (χ1n) is 10.1. The van der Waals surface area contributed by atoms with Gasteiger partial charge < -0.3 is 9.80 Å². The summed E-state index contributed by atoms with van der Waals surface area (Å²) in [5.41, 5.74) is 2.02. The average Bonchev–Trinajstić information content (AvgIpc) is 3.46. The number of nitrogens with one attached hydrogen (secondary N) is 1. The Kier molecular flexibility index (Phi) is 4.54. The number of hydrogen-bond acceptors (Lipinski definition) is 5. The maximum absolute atomic E-state index is 12.7. The Labute approximate surface area is 167 Å². The monoisotopic (exact) mass is 400 g/mol. The lowest BCUT2D eigenvalue weighted by atomic mass is 10.0. The molecule has 2 saturated heterocycles. The van der Waals surface area contributed by atoms with Gasteiger partial charge in [-0.1, -0.05) is 0 Å². The summed E-state index contributed by atoms with van der Waals surface area (Å²) in [6.45, 7) is 2.08. The van der Waals surface area contributed by atoms with Gasteiger partial charge in [0.05, 0.1) is 23.6 Å². The van der Waals surface area contributed by atoms with Crippen molar-refractivity contribution in [3.63, 3.8) is 0 Å². The molecule has 2 fully saturated rings. The molecule has 0 saturated carbocycles. The first kappa shape index (κ1) is 17.7. The van der Waals surface area contributed by atoms with Crippen molar-refractivity contribution in [1.29, 1.82) is 0 Å². The van der Waals surface area contributed by atoms with Gasteiger partial charge in [-0.15, -0.1) is 11.3 Å². The fourth-order valence-electron chi connectivity index (χ4n) is 4.31. The minimum atomic E-state index is -0.0873. The van der Waals surface area contributed by atoms with Crippen LogP contribution in [0.25, 0.3) is 0 Å². The van der Waals surface area contributed by atoms with E-state index in [1.54, 1.807) is 22.4 Å². The molecule has 1 unspecified atom stereocenters. The van der Waals surface area contributed by atoms with E-state index in [0.29, 0.717) is 24.6 Å². The van der Waals surface area contributed by atoms with Crippen LogP contribution in [0.3, 0.4) is 0 Å². The summed E-state index contributed by atoms with van der Waals surface area (Å²) in [5, 5.41) is 8.15. The SMILES string of the molecule is O=C(Nc1nc2c(s1)CCCC2)N1CCC(n2cc(N3CCCC3=O)cn2)C1. The summed E-state index contributed by atoms with van der Waals surface area (Å²) in [6, 6.07) is 0.0532. The smallest absolute Gasteiger partial charge is 0.322 e. The zero-order chi connectivity index (χ0) is 19.1. The Hall–Kier alpha value is -2.42. The largest absolute Gasteiger partial charge is 0.323 e. The number of thiazole rings is 1. The molecule has 28 heavy (non-hydrogen) atoms. The van der Waals surface area contributed by atoms with Crippen LogP contribution in [0, 0.1) is 0 Å². The highest BCUT2D eigenvalue weighted by molar-refractivity contribution is 7.15. The van der Waals surface area contributed by atoms with Crippen LogP contribution < -0.4 is 10.2 Å².